The van der Waals surface area contributed by atoms with Gasteiger partial charge in [0.05, 0.1) is 11.8 Å². The van der Waals surface area contributed by atoms with E-state index in [9.17, 15) is 34.6 Å². The van der Waals surface area contributed by atoms with Crippen LogP contribution in [0.2, 0.25) is 0 Å². The van der Waals surface area contributed by atoms with Gasteiger partial charge >= 0.3 is 11.9 Å². The first kappa shape index (κ1) is 37.9. The molecule has 0 radical (unpaired) electrons. The maximum absolute atomic E-state index is 14.4. The summed E-state index contributed by atoms with van der Waals surface area (Å²) in [5.41, 5.74) is 3.18. The van der Waals surface area contributed by atoms with Gasteiger partial charge in [-0.05, 0) is 75.4 Å². The van der Waals surface area contributed by atoms with Gasteiger partial charge in [-0.25, -0.2) is 4.79 Å². The fourth-order valence-electron chi connectivity index (χ4n) is 7.83. The molecule has 1 unspecified atom stereocenters. The number of nitro groups is 2. The first-order chi connectivity index (χ1) is 25.0. The van der Waals surface area contributed by atoms with E-state index in [4.69, 9.17) is 9.47 Å². The maximum atomic E-state index is 14.4. The van der Waals surface area contributed by atoms with E-state index in [2.05, 4.69) is 0 Å². The van der Waals surface area contributed by atoms with Crippen LogP contribution in [-0.4, -0.2) is 52.0 Å². The predicted octanol–water partition coefficient (Wildman–Crippen LogP) is 7.34. The number of esters is 2. The van der Waals surface area contributed by atoms with Crippen molar-refractivity contribution in [1.82, 2.24) is 0 Å². The van der Waals surface area contributed by atoms with Gasteiger partial charge in [-0.15, -0.1) is 0 Å². The van der Waals surface area contributed by atoms with Crippen LogP contribution in [0.3, 0.4) is 0 Å². The number of carbonyl (C=O) groups excluding carboxylic acids is 3. The van der Waals surface area contributed by atoms with Gasteiger partial charge in [0.25, 0.3) is 0 Å². The Hall–Kier alpha value is -5.39. The Morgan fingerprint density at radius 3 is 2.15 bits per heavy atom. The normalized spacial score (nSPS) is 27.1. The van der Waals surface area contributed by atoms with E-state index < -0.39 is 36.0 Å². The fraction of sp³-hybridized carbons (Fsp3) is 0.425. The number of anilines is 2. The first-order valence-corrected chi connectivity index (χ1v) is 17.8. The molecule has 4 aliphatic rings. The van der Waals surface area contributed by atoms with Crippen LogP contribution in [0, 0.1) is 43.9 Å². The van der Waals surface area contributed by atoms with Crippen LogP contribution in [0.4, 0.5) is 11.4 Å². The molecule has 3 aliphatic carbocycles. The average molecular weight is 712 g/mol. The second-order valence-corrected chi connectivity index (χ2v) is 13.7. The van der Waals surface area contributed by atoms with Gasteiger partial charge in [0.1, 0.15) is 12.2 Å². The van der Waals surface area contributed by atoms with Crippen LogP contribution < -0.4 is 4.90 Å². The molecule has 12 nitrogen and oxygen atoms in total. The highest BCUT2D eigenvalue weighted by Crippen LogP contribution is 2.51. The molecule has 0 spiro atoms. The molecule has 12 heteroatoms. The van der Waals surface area contributed by atoms with Gasteiger partial charge < -0.3 is 9.47 Å². The largest absolute Gasteiger partial charge is 0.462 e. The quantitative estimate of drug-likeness (QED) is 0.0853. The van der Waals surface area contributed by atoms with Crippen molar-refractivity contribution in [2.75, 3.05) is 4.90 Å². The lowest BCUT2D eigenvalue weighted by molar-refractivity contribution is -0.524. The molecule has 1 heterocycles. The van der Waals surface area contributed by atoms with E-state index in [-0.39, 0.29) is 46.1 Å². The number of allylic oxidation sites excluding steroid dienone is 3. The van der Waals surface area contributed by atoms with E-state index in [0.717, 1.165) is 22.5 Å². The standard InChI is InChI=1S/C26H26N2O5.C14H19NO4/c1-16-23-22(26(30)33-16)15-17-14-20(28(31)32)12-13-21(17)24(23)25(29)27(18-8-4-2-5-9-18)19-10-6-3-7-11-19;1-3-5-11(2)19-14(16)9-8-12-6-4-7-13(10-12)15(17)18/h2-11,15-16,20-24H,12-14H2,1H3;3,5-6,8-9,11,13H,4,7,10H2,1-2H3/b;5-3-,9-8+/t16-,20-,21-,22-,23-,24+;11-,13?/m11/s1. The number of ether oxygens (including phenoxy) is 2. The lowest BCUT2D eigenvalue weighted by Crippen LogP contribution is -2.48. The summed E-state index contributed by atoms with van der Waals surface area (Å²) in [6.45, 7) is 5.47. The molecule has 274 valence electrons. The van der Waals surface area contributed by atoms with E-state index in [1.807, 2.05) is 92.7 Å². The number of hydrogen-bond donors (Lipinski definition) is 0. The van der Waals surface area contributed by atoms with Gasteiger partial charge in [-0.3, -0.25) is 34.7 Å². The zero-order chi connectivity index (χ0) is 37.4. The van der Waals surface area contributed by atoms with Crippen LogP contribution in [0.15, 0.2) is 108 Å². The van der Waals surface area contributed by atoms with Gasteiger partial charge in [0.2, 0.25) is 18.0 Å². The Morgan fingerprint density at radius 1 is 0.942 bits per heavy atom. The summed E-state index contributed by atoms with van der Waals surface area (Å²) in [4.78, 5) is 61.9. The van der Waals surface area contributed by atoms with Crippen LogP contribution in [0.1, 0.15) is 59.3 Å². The zero-order valence-electron chi connectivity index (χ0n) is 29.6. The number of fused-ring (bicyclic) bond motifs is 2. The SMILES string of the molecule is C/C=C\[C@@H](C)OC(=O)/C=C/C1=CCCC([N+](=O)[O-])C1.C[C@H]1OC(=O)[C@@H]2C=C3C[C@H]([N+](=O)[O-])CC[C@H]3[C@H](C(=O)N(c3ccccc3)c3ccccc3)[C@H]12. The minimum atomic E-state index is -0.672. The molecule has 2 aromatic rings. The molecule has 1 saturated carbocycles. The predicted molar refractivity (Wildman–Crippen MR) is 194 cm³/mol. The van der Waals surface area contributed by atoms with Crippen LogP contribution in [-0.2, 0) is 23.9 Å². The van der Waals surface area contributed by atoms with Gasteiger partial charge in [-0.2, -0.15) is 0 Å². The Bertz CT molecular complexity index is 1710. The molecule has 52 heavy (non-hydrogen) atoms. The van der Waals surface area contributed by atoms with Crippen molar-refractivity contribution in [2.45, 2.75) is 83.6 Å². The number of para-hydroxylation sites is 2. The number of nitrogens with zero attached hydrogens (tertiary/aromatic N) is 3. The molecule has 0 aromatic heterocycles. The Kier molecular flexibility index (Phi) is 12.5. The minimum Gasteiger partial charge on any atom is -0.462 e. The minimum absolute atomic E-state index is 0.0947. The lowest BCUT2D eigenvalue weighted by atomic mass is 9.61. The van der Waals surface area contributed by atoms with Crippen LogP contribution in [0.5, 0.6) is 0 Å². The summed E-state index contributed by atoms with van der Waals surface area (Å²) in [6, 6.07) is 17.7. The van der Waals surface area contributed by atoms with Gasteiger partial charge in [-0.1, -0.05) is 66.3 Å². The molecular weight excluding hydrogens is 666 g/mol. The molecule has 1 saturated heterocycles. The molecule has 8 atom stereocenters. The maximum Gasteiger partial charge on any atom is 0.331 e. The van der Waals surface area contributed by atoms with Crippen molar-refractivity contribution in [3.05, 3.63) is 128 Å². The summed E-state index contributed by atoms with van der Waals surface area (Å²) in [5, 5.41) is 22.2. The van der Waals surface area contributed by atoms with Crippen molar-refractivity contribution in [1.29, 1.82) is 0 Å². The monoisotopic (exact) mass is 711 g/mol. The summed E-state index contributed by atoms with van der Waals surface area (Å²) >= 11 is 0. The number of cyclic esters (lactones) is 1. The molecule has 1 amide bonds. The topological polar surface area (TPSA) is 159 Å². The lowest BCUT2D eigenvalue weighted by Gasteiger charge is -2.43. The molecule has 2 fully saturated rings. The number of amides is 1. The molecule has 2 aromatic carbocycles. The molecule has 1 aliphatic heterocycles. The molecule has 0 bridgehead atoms. The summed E-state index contributed by atoms with van der Waals surface area (Å²) < 4.78 is 10.7. The molecule has 6 rings (SSSR count). The fourth-order valence-corrected chi connectivity index (χ4v) is 7.83. The number of carbonyl (C=O) groups is 3. The van der Waals surface area contributed by atoms with E-state index >= 15 is 0 Å². The molecular formula is C40H45N3O9. The van der Waals surface area contributed by atoms with E-state index in [1.165, 1.54) is 6.08 Å². The van der Waals surface area contributed by atoms with Crippen molar-refractivity contribution >= 4 is 29.2 Å². The van der Waals surface area contributed by atoms with Crippen molar-refractivity contribution in [3.63, 3.8) is 0 Å². The smallest absolute Gasteiger partial charge is 0.331 e. The van der Waals surface area contributed by atoms with Crippen LogP contribution in [0.25, 0.3) is 0 Å². The van der Waals surface area contributed by atoms with E-state index in [1.54, 1.807) is 24.0 Å². The summed E-state index contributed by atoms with van der Waals surface area (Å²) in [5.74, 6) is -2.34. The molecule has 0 N–H and O–H groups in total. The van der Waals surface area contributed by atoms with Crippen molar-refractivity contribution < 1.29 is 33.7 Å². The summed E-state index contributed by atoms with van der Waals surface area (Å²) in [7, 11) is 0. The van der Waals surface area contributed by atoms with Gasteiger partial charge in [0.15, 0.2) is 0 Å². The Balaban J connectivity index is 0.000000235. The van der Waals surface area contributed by atoms with Crippen molar-refractivity contribution in [2.24, 2.45) is 23.7 Å². The highest BCUT2D eigenvalue weighted by Gasteiger charge is 2.56. The number of rotatable bonds is 9. The highest BCUT2D eigenvalue weighted by atomic mass is 16.6. The number of hydrogen-bond acceptors (Lipinski definition) is 9. The third kappa shape index (κ3) is 8.90. The van der Waals surface area contributed by atoms with E-state index in [0.29, 0.717) is 32.1 Å². The Morgan fingerprint density at radius 2 is 1.56 bits per heavy atom. The second-order valence-electron chi connectivity index (χ2n) is 13.7. The average Bonchev–Trinajstić information content (AvgIpc) is 3.42. The third-order valence-corrected chi connectivity index (χ3v) is 10.2. The second kappa shape index (κ2) is 17.2. The van der Waals surface area contributed by atoms with Crippen LogP contribution >= 0.6 is 0 Å². The zero-order valence-corrected chi connectivity index (χ0v) is 29.6. The third-order valence-electron chi connectivity index (χ3n) is 10.2. The number of benzene rings is 2. The summed E-state index contributed by atoms with van der Waals surface area (Å²) in [6.07, 6.45) is 12.5. The van der Waals surface area contributed by atoms with Crippen molar-refractivity contribution in [3.8, 4) is 0 Å². The Labute approximate surface area is 303 Å². The highest BCUT2D eigenvalue weighted by molar-refractivity contribution is 6.03. The van der Waals surface area contributed by atoms with Gasteiger partial charge in [0, 0.05) is 58.9 Å². The first-order valence-electron chi connectivity index (χ1n) is 17.8.